The molecule has 2 heterocycles. The van der Waals surface area contributed by atoms with Crippen molar-refractivity contribution in [2.24, 2.45) is 0 Å². The van der Waals surface area contributed by atoms with Gasteiger partial charge >= 0.3 is 0 Å². The molecule has 0 bridgehead atoms. The molecule has 2 rings (SSSR count). The lowest BCUT2D eigenvalue weighted by atomic mass is 10.3. The highest BCUT2D eigenvalue weighted by molar-refractivity contribution is 9.10. The molecule has 0 fully saturated rings. The standard InChI is InChI=1S/C8H6BrFN2/c1-5-6(10)2-3-12-7(9)4-11-8(5)12/h2-4H,1H3. The van der Waals surface area contributed by atoms with Gasteiger partial charge in [0, 0.05) is 11.8 Å². The molecule has 0 radical (unpaired) electrons. The Bertz CT molecular complexity index is 436. The van der Waals surface area contributed by atoms with Gasteiger partial charge in [-0.15, -0.1) is 0 Å². The van der Waals surface area contributed by atoms with E-state index >= 15 is 0 Å². The Hall–Kier alpha value is -0.900. The van der Waals surface area contributed by atoms with Gasteiger partial charge in [-0.3, -0.25) is 4.40 Å². The molecule has 0 aliphatic rings. The second kappa shape index (κ2) is 2.55. The summed E-state index contributed by atoms with van der Waals surface area (Å²) in [7, 11) is 0. The fourth-order valence-electron chi connectivity index (χ4n) is 1.13. The van der Waals surface area contributed by atoms with Gasteiger partial charge in [0.1, 0.15) is 16.1 Å². The molecular formula is C8H6BrFN2. The van der Waals surface area contributed by atoms with E-state index in [1.165, 1.54) is 6.07 Å². The van der Waals surface area contributed by atoms with Crippen LogP contribution in [-0.2, 0) is 0 Å². The van der Waals surface area contributed by atoms with Crippen LogP contribution in [0.15, 0.2) is 23.1 Å². The van der Waals surface area contributed by atoms with Crippen LogP contribution in [0.4, 0.5) is 4.39 Å². The average Bonchev–Trinajstić information content (AvgIpc) is 2.41. The molecule has 0 saturated carbocycles. The number of imidazole rings is 1. The van der Waals surface area contributed by atoms with Gasteiger partial charge in [0.15, 0.2) is 0 Å². The third-order valence-corrected chi connectivity index (χ3v) is 2.40. The van der Waals surface area contributed by atoms with Crippen LogP contribution in [0.5, 0.6) is 0 Å². The Kier molecular flexibility index (Phi) is 1.65. The van der Waals surface area contributed by atoms with Crippen LogP contribution in [0, 0.1) is 12.7 Å². The molecule has 0 aliphatic carbocycles. The van der Waals surface area contributed by atoms with Crippen molar-refractivity contribution in [3.63, 3.8) is 0 Å². The quantitative estimate of drug-likeness (QED) is 0.678. The Balaban J connectivity index is 2.93. The second-order valence-corrected chi connectivity index (χ2v) is 3.38. The summed E-state index contributed by atoms with van der Waals surface area (Å²) in [5, 5.41) is 0. The topological polar surface area (TPSA) is 17.3 Å². The van der Waals surface area contributed by atoms with E-state index in [-0.39, 0.29) is 5.82 Å². The van der Waals surface area contributed by atoms with E-state index in [9.17, 15) is 4.39 Å². The summed E-state index contributed by atoms with van der Waals surface area (Å²) in [4.78, 5) is 4.05. The summed E-state index contributed by atoms with van der Waals surface area (Å²) in [6.07, 6.45) is 3.30. The highest BCUT2D eigenvalue weighted by Crippen LogP contribution is 2.17. The Morgan fingerprint density at radius 1 is 1.58 bits per heavy atom. The second-order valence-electron chi connectivity index (χ2n) is 2.56. The number of nitrogens with zero attached hydrogens (tertiary/aromatic N) is 2. The van der Waals surface area contributed by atoms with E-state index in [1.807, 2.05) is 0 Å². The van der Waals surface area contributed by atoms with Crippen molar-refractivity contribution >= 4 is 21.6 Å². The number of rotatable bonds is 0. The highest BCUT2D eigenvalue weighted by atomic mass is 79.9. The number of aromatic nitrogens is 2. The maximum atomic E-state index is 13.0. The summed E-state index contributed by atoms with van der Waals surface area (Å²) in [6.45, 7) is 1.71. The molecule has 0 aliphatic heterocycles. The van der Waals surface area contributed by atoms with Crippen molar-refractivity contribution < 1.29 is 4.39 Å². The van der Waals surface area contributed by atoms with Crippen LogP contribution in [0.3, 0.4) is 0 Å². The van der Waals surface area contributed by atoms with Gasteiger partial charge in [-0.2, -0.15) is 0 Å². The first-order chi connectivity index (χ1) is 5.70. The van der Waals surface area contributed by atoms with Crippen molar-refractivity contribution in [3.8, 4) is 0 Å². The molecule has 2 aromatic heterocycles. The van der Waals surface area contributed by atoms with Gasteiger partial charge in [-0.05, 0) is 28.9 Å². The first kappa shape index (κ1) is 7.73. The zero-order valence-electron chi connectivity index (χ0n) is 6.38. The van der Waals surface area contributed by atoms with E-state index in [0.717, 1.165) is 4.60 Å². The fourth-order valence-corrected chi connectivity index (χ4v) is 1.52. The third-order valence-electron chi connectivity index (χ3n) is 1.82. The summed E-state index contributed by atoms with van der Waals surface area (Å²) in [5.41, 5.74) is 1.23. The number of hydrogen-bond donors (Lipinski definition) is 0. The highest BCUT2D eigenvalue weighted by Gasteiger charge is 2.05. The van der Waals surface area contributed by atoms with Crippen LogP contribution in [-0.4, -0.2) is 9.38 Å². The molecule has 0 amide bonds. The Labute approximate surface area is 77.2 Å². The monoisotopic (exact) mass is 228 g/mol. The summed E-state index contributed by atoms with van der Waals surface area (Å²) in [6, 6.07) is 1.43. The first-order valence-electron chi connectivity index (χ1n) is 3.48. The number of hydrogen-bond acceptors (Lipinski definition) is 1. The number of aryl methyl sites for hydroxylation is 1. The van der Waals surface area contributed by atoms with E-state index in [1.54, 1.807) is 23.7 Å². The zero-order chi connectivity index (χ0) is 8.72. The van der Waals surface area contributed by atoms with Crippen LogP contribution < -0.4 is 0 Å². The van der Waals surface area contributed by atoms with Gasteiger partial charge in [0.05, 0.1) is 6.20 Å². The number of halogens is 2. The molecule has 0 spiro atoms. The number of pyridine rings is 1. The van der Waals surface area contributed by atoms with Crippen molar-refractivity contribution in [2.45, 2.75) is 6.92 Å². The molecular weight excluding hydrogens is 223 g/mol. The smallest absolute Gasteiger partial charge is 0.143 e. The van der Waals surface area contributed by atoms with Crippen molar-refractivity contribution in [1.29, 1.82) is 0 Å². The molecule has 0 aromatic carbocycles. The maximum absolute atomic E-state index is 13.0. The molecule has 0 N–H and O–H groups in total. The number of fused-ring (bicyclic) bond motifs is 1. The van der Waals surface area contributed by atoms with E-state index in [4.69, 9.17) is 0 Å². The zero-order valence-corrected chi connectivity index (χ0v) is 7.97. The predicted octanol–water partition coefficient (Wildman–Crippen LogP) is 2.54. The SMILES string of the molecule is Cc1c(F)ccn2c(Br)cnc12. The summed E-state index contributed by atoms with van der Waals surface area (Å²) >= 11 is 3.30. The lowest BCUT2D eigenvalue weighted by Crippen LogP contribution is -1.91. The summed E-state index contributed by atoms with van der Waals surface area (Å²) < 4.78 is 15.6. The largest absolute Gasteiger partial charge is 0.294 e. The Morgan fingerprint density at radius 2 is 2.33 bits per heavy atom. The van der Waals surface area contributed by atoms with E-state index in [0.29, 0.717) is 11.2 Å². The van der Waals surface area contributed by atoms with Gasteiger partial charge in [-0.25, -0.2) is 9.37 Å². The van der Waals surface area contributed by atoms with Crippen molar-refractivity contribution in [1.82, 2.24) is 9.38 Å². The normalized spacial score (nSPS) is 10.9. The molecule has 12 heavy (non-hydrogen) atoms. The van der Waals surface area contributed by atoms with Crippen LogP contribution in [0.25, 0.3) is 5.65 Å². The van der Waals surface area contributed by atoms with Crippen molar-refractivity contribution in [3.05, 3.63) is 34.4 Å². The van der Waals surface area contributed by atoms with Crippen LogP contribution in [0.2, 0.25) is 0 Å². The van der Waals surface area contributed by atoms with Gasteiger partial charge < -0.3 is 0 Å². The van der Waals surface area contributed by atoms with Gasteiger partial charge in [-0.1, -0.05) is 0 Å². The maximum Gasteiger partial charge on any atom is 0.143 e. The van der Waals surface area contributed by atoms with E-state index < -0.39 is 0 Å². The molecule has 2 nitrogen and oxygen atoms in total. The van der Waals surface area contributed by atoms with Gasteiger partial charge in [0.25, 0.3) is 0 Å². The first-order valence-corrected chi connectivity index (χ1v) is 4.27. The van der Waals surface area contributed by atoms with Crippen molar-refractivity contribution in [2.75, 3.05) is 0 Å². The Morgan fingerprint density at radius 3 is 3.08 bits per heavy atom. The lowest BCUT2D eigenvalue weighted by Gasteiger charge is -1.98. The fraction of sp³-hybridized carbons (Fsp3) is 0.125. The molecule has 2 aromatic rings. The van der Waals surface area contributed by atoms with Crippen LogP contribution >= 0.6 is 15.9 Å². The van der Waals surface area contributed by atoms with Crippen LogP contribution in [0.1, 0.15) is 5.56 Å². The molecule has 62 valence electrons. The minimum absolute atomic E-state index is 0.222. The lowest BCUT2D eigenvalue weighted by molar-refractivity contribution is 0.617. The summed E-state index contributed by atoms with van der Waals surface area (Å²) in [5.74, 6) is -0.222. The minimum Gasteiger partial charge on any atom is -0.294 e. The average molecular weight is 229 g/mol. The molecule has 0 unspecified atom stereocenters. The predicted molar refractivity (Wildman–Crippen MR) is 47.6 cm³/mol. The third kappa shape index (κ3) is 0.948. The molecule has 0 saturated heterocycles. The minimum atomic E-state index is -0.222. The van der Waals surface area contributed by atoms with E-state index in [2.05, 4.69) is 20.9 Å². The van der Waals surface area contributed by atoms with Gasteiger partial charge in [0.2, 0.25) is 0 Å². The molecule has 4 heteroatoms. The molecule has 0 atom stereocenters.